The van der Waals surface area contributed by atoms with Crippen molar-refractivity contribution in [3.05, 3.63) is 39.4 Å². The van der Waals surface area contributed by atoms with E-state index in [1.807, 2.05) is 11.8 Å². The number of halogens is 1. The molecular weight excluding hydrogens is 399 g/mol. The van der Waals surface area contributed by atoms with Gasteiger partial charge in [0.1, 0.15) is 11.4 Å². The van der Waals surface area contributed by atoms with Crippen LogP contribution < -0.4 is 15.8 Å². The zero-order chi connectivity index (χ0) is 22.3. The number of nitrogens with zero attached hydrogens (tertiary/aromatic N) is 3. The number of carboxylic acid groups (broad SMARTS) is 1. The highest BCUT2D eigenvalue weighted by atomic mass is 19.1. The SMILES string of the molecule is Cc1c(N2CC[C@@H](C(C)NCCC#N)C2)c(F)cc2cc(C(=O)O)c(=O)n(C3CC3)c12. The highest BCUT2D eigenvalue weighted by Crippen LogP contribution is 2.40. The Morgan fingerprint density at radius 3 is 2.77 bits per heavy atom. The fourth-order valence-corrected chi connectivity index (χ4v) is 4.80. The summed E-state index contributed by atoms with van der Waals surface area (Å²) in [5, 5.41) is 22.0. The van der Waals surface area contributed by atoms with Crippen molar-refractivity contribution in [3.8, 4) is 6.07 Å². The van der Waals surface area contributed by atoms with Crippen molar-refractivity contribution in [2.75, 3.05) is 24.5 Å². The zero-order valence-electron chi connectivity index (χ0n) is 17.8. The van der Waals surface area contributed by atoms with E-state index in [1.165, 1.54) is 12.1 Å². The molecule has 31 heavy (non-hydrogen) atoms. The largest absolute Gasteiger partial charge is 0.477 e. The van der Waals surface area contributed by atoms with Crippen molar-refractivity contribution in [1.29, 1.82) is 5.26 Å². The molecule has 0 radical (unpaired) electrons. The average molecular weight is 426 g/mol. The number of fused-ring (bicyclic) bond motifs is 1. The number of hydrogen-bond donors (Lipinski definition) is 2. The fourth-order valence-electron chi connectivity index (χ4n) is 4.80. The molecule has 1 saturated carbocycles. The molecule has 0 amide bonds. The number of hydrogen-bond acceptors (Lipinski definition) is 5. The Bertz CT molecular complexity index is 1130. The first-order chi connectivity index (χ1) is 14.8. The van der Waals surface area contributed by atoms with E-state index in [-0.39, 0.29) is 17.6 Å². The molecule has 7 nitrogen and oxygen atoms in total. The van der Waals surface area contributed by atoms with Crippen LogP contribution in [-0.2, 0) is 0 Å². The maximum Gasteiger partial charge on any atom is 0.341 e. The summed E-state index contributed by atoms with van der Waals surface area (Å²) in [5.74, 6) is -1.36. The monoisotopic (exact) mass is 426 g/mol. The third kappa shape index (κ3) is 3.90. The molecule has 2 N–H and O–H groups in total. The fraction of sp³-hybridized carbons (Fsp3) is 0.522. The van der Waals surface area contributed by atoms with Gasteiger partial charge in [0.15, 0.2) is 0 Å². The van der Waals surface area contributed by atoms with Crippen LogP contribution in [0.5, 0.6) is 0 Å². The average Bonchev–Trinajstić information content (AvgIpc) is 3.44. The number of aromatic carboxylic acids is 1. The molecule has 164 valence electrons. The quantitative estimate of drug-likeness (QED) is 0.660. The van der Waals surface area contributed by atoms with Crippen LogP contribution in [0.4, 0.5) is 10.1 Å². The molecule has 1 aliphatic carbocycles. The van der Waals surface area contributed by atoms with Crippen LogP contribution in [0.1, 0.15) is 54.6 Å². The lowest BCUT2D eigenvalue weighted by molar-refractivity contribution is 0.0694. The van der Waals surface area contributed by atoms with Crippen LogP contribution >= 0.6 is 0 Å². The molecule has 1 aromatic heterocycles. The Morgan fingerprint density at radius 2 is 2.13 bits per heavy atom. The van der Waals surface area contributed by atoms with E-state index in [9.17, 15) is 14.7 Å². The predicted octanol–water partition coefficient (Wildman–Crippen LogP) is 3.20. The molecule has 4 rings (SSSR count). The van der Waals surface area contributed by atoms with Gasteiger partial charge in [-0.15, -0.1) is 0 Å². The smallest absolute Gasteiger partial charge is 0.341 e. The summed E-state index contributed by atoms with van der Waals surface area (Å²) in [6.07, 6.45) is 3.00. The van der Waals surface area contributed by atoms with Crippen molar-refractivity contribution < 1.29 is 14.3 Å². The number of carboxylic acids is 1. The summed E-state index contributed by atoms with van der Waals surface area (Å²) in [5.41, 5.74) is 0.984. The zero-order valence-corrected chi connectivity index (χ0v) is 17.8. The van der Waals surface area contributed by atoms with E-state index in [4.69, 9.17) is 5.26 Å². The maximum atomic E-state index is 15.3. The second-order valence-electron chi connectivity index (χ2n) is 8.69. The van der Waals surface area contributed by atoms with E-state index >= 15 is 4.39 Å². The van der Waals surface area contributed by atoms with Crippen LogP contribution in [0.2, 0.25) is 0 Å². The summed E-state index contributed by atoms with van der Waals surface area (Å²) >= 11 is 0. The van der Waals surface area contributed by atoms with E-state index in [2.05, 4.69) is 18.3 Å². The molecule has 0 bridgehead atoms. The molecule has 2 heterocycles. The summed E-state index contributed by atoms with van der Waals surface area (Å²) in [6, 6.07) is 4.98. The minimum absolute atomic E-state index is 0.0259. The molecule has 0 spiro atoms. The second-order valence-corrected chi connectivity index (χ2v) is 8.69. The van der Waals surface area contributed by atoms with Crippen molar-refractivity contribution >= 4 is 22.6 Å². The first-order valence-corrected chi connectivity index (χ1v) is 10.8. The Kier molecular flexibility index (Phi) is 5.71. The van der Waals surface area contributed by atoms with Crippen molar-refractivity contribution in [3.63, 3.8) is 0 Å². The van der Waals surface area contributed by atoms with Crippen LogP contribution in [0.25, 0.3) is 10.9 Å². The molecule has 2 aromatic rings. The third-order valence-electron chi connectivity index (χ3n) is 6.58. The number of benzene rings is 1. The molecule has 2 atom stereocenters. The minimum Gasteiger partial charge on any atom is -0.477 e. The van der Waals surface area contributed by atoms with Crippen LogP contribution in [0.3, 0.4) is 0 Å². The van der Waals surface area contributed by atoms with Gasteiger partial charge in [-0.2, -0.15) is 5.26 Å². The van der Waals surface area contributed by atoms with Gasteiger partial charge >= 0.3 is 5.97 Å². The normalized spacial score (nSPS) is 19.5. The van der Waals surface area contributed by atoms with Crippen molar-refractivity contribution in [1.82, 2.24) is 9.88 Å². The molecule has 2 aliphatic rings. The third-order valence-corrected chi connectivity index (χ3v) is 6.58. The van der Waals surface area contributed by atoms with E-state index < -0.39 is 17.3 Å². The molecular formula is C23H27FN4O3. The molecule has 1 aromatic carbocycles. The van der Waals surface area contributed by atoms with Gasteiger partial charge in [-0.05, 0) is 56.7 Å². The van der Waals surface area contributed by atoms with Crippen LogP contribution in [0.15, 0.2) is 16.9 Å². The Balaban J connectivity index is 1.72. The lowest BCUT2D eigenvalue weighted by atomic mass is 10.0. The first kappa shape index (κ1) is 21.3. The highest BCUT2D eigenvalue weighted by molar-refractivity contribution is 5.95. The Hall–Kier alpha value is -2.92. The second kappa shape index (κ2) is 8.31. The summed E-state index contributed by atoms with van der Waals surface area (Å²) < 4.78 is 16.8. The number of pyridine rings is 1. The molecule has 1 unspecified atom stereocenters. The lowest BCUT2D eigenvalue weighted by Gasteiger charge is -2.26. The number of aromatic nitrogens is 1. The molecule has 8 heteroatoms. The predicted molar refractivity (Wildman–Crippen MR) is 116 cm³/mol. The number of aryl methyl sites for hydroxylation is 1. The number of nitrogens with one attached hydrogen (secondary N) is 1. The summed E-state index contributed by atoms with van der Waals surface area (Å²) in [4.78, 5) is 26.5. The number of anilines is 1. The minimum atomic E-state index is -1.29. The Morgan fingerprint density at radius 1 is 1.39 bits per heavy atom. The standard InChI is InChI=1S/C23H27FN4O3/c1-13-20-16(10-18(23(30)31)22(29)28(20)17-4-5-17)11-19(24)21(13)27-9-6-15(12-27)14(2)26-8-3-7-25/h10-11,14-15,17,26H,3-6,8-9,12H2,1-2H3,(H,30,31)/t14?,15-/m1/s1. The van der Waals surface area contributed by atoms with Crippen molar-refractivity contribution in [2.45, 2.75) is 51.6 Å². The van der Waals surface area contributed by atoms with Gasteiger partial charge in [-0.1, -0.05) is 0 Å². The van der Waals surface area contributed by atoms with Crippen molar-refractivity contribution in [2.24, 2.45) is 5.92 Å². The van der Waals surface area contributed by atoms with Gasteiger partial charge in [0.2, 0.25) is 0 Å². The first-order valence-electron chi connectivity index (χ1n) is 10.8. The number of nitriles is 1. The topological polar surface area (TPSA) is 98.4 Å². The maximum absolute atomic E-state index is 15.3. The van der Waals surface area contributed by atoms with E-state index in [0.717, 1.165) is 19.3 Å². The van der Waals surface area contributed by atoms with Gasteiger partial charge in [-0.3, -0.25) is 4.79 Å². The highest BCUT2D eigenvalue weighted by Gasteiger charge is 2.33. The van der Waals surface area contributed by atoms with E-state index in [0.29, 0.717) is 54.1 Å². The van der Waals surface area contributed by atoms with Gasteiger partial charge in [0, 0.05) is 43.5 Å². The molecule has 1 aliphatic heterocycles. The van der Waals surface area contributed by atoms with E-state index in [1.54, 1.807) is 4.57 Å². The van der Waals surface area contributed by atoms with Crippen LogP contribution in [0, 0.1) is 30.0 Å². The van der Waals surface area contributed by atoms with Gasteiger partial charge in [0.05, 0.1) is 17.3 Å². The van der Waals surface area contributed by atoms with Gasteiger partial charge in [0.25, 0.3) is 5.56 Å². The Labute approximate surface area is 180 Å². The lowest BCUT2D eigenvalue weighted by Crippen LogP contribution is -2.36. The molecule has 2 fully saturated rings. The van der Waals surface area contributed by atoms with Gasteiger partial charge in [-0.25, -0.2) is 9.18 Å². The summed E-state index contributed by atoms with van der Waals surface area (Å²) in [7, 11) is 0. The number of carbonyl (C=O) groups is 1. The molecule has 1 saturated heterocycles. The van der Waals surface area contributed by atoms with Gasteiger partial charge < -0.3 is 19.9 Å². The van der Waals surface area contributed by atoms with Crippen LogP contribution in [-0.4, -0.2) is 41.3 Å². The number of rotatable bonds is 7. The summed E-state index contributed by atoms with van der Waals surface area (Å²) in [6.45, 7) is 5.94.